The van der Waals surface area contributed by atoms with Gasteiger partial charge in [0.2, 0.25) is 10.0 Å². The Hall–Kier alpha value is -1.27. The van der Waals surface area contributed by atoms with Crippen LogP contribution in [0.1, 0.15) is 19.3 Å². The molecule has 0 amide bonds. The largest absolute Gasteiger partial charge is 0.491 e. The summed E-state index contributed by atoms with van der Waals surface area (Å²) in [5, 5.41) is 0. The number of ether oxygens (including phenoxy) is 1. The molecule has 0 aromatic heterocycles. The Morgan fingerprint density at radius 2 is 2.05 bits per heavy atom. The van der Waals surface area contributed by atoms with Crippen LogP contribution >= 0.6 is 0 Å². The summed E-state index contributed by atoms with van der Waals surface area (Å²) in [5.41, 5.74) is 6.27. The molecule has 0 heterocycles. The first kappa shape index (κ1) is 14.1. The van der Waals surface area contributed by atoms with E-state index in [1.165, 1.54) is 43.4 Å². The molecule has 0 saturated heterocycles. The van der Waals surface area contributed by atoms with Gasteiger partial charge in [0.05, 0.1) is 17.2 Å². The van der Waals surface area contributed by atoms with Gasteiger partial charge in [-0.1, -0.05) is 12.8 Å². The van der Waals surface area contributed by atoms with Gasteiger partial charge < -0.3 is 10.5 Å². The predicted octanol–water partition coefficient (Wildman–Crippen LogP) is 1.70. The highest BCUT2D eigenvalue weighted by Crippen LogP contribution is 2.33. The molecule has 0 aliphatic heterocycles. The summed E-state index contributed by atoms with van der Waals surface area (Å²) in [7, 11) is -0.449. The van der Waals surface area contributed by atoms with Crippen LogP contribution in [0.5, 0.6) is 5.75 Å². The van der Waals surface area contributed by atoms with E-state index in [9.17, 15) is 8.42 Å². The number of hydrogen-bond donors (Lipinski definition) is 1. The average molecular weight is 284 g/mol. The molecular weight excluding hydrogens is 264 g/mol. The second-order valence-electron chi connectivity index (χ2n) is 5.07. The topological polar surface area (TPSA) is 72.6 Å². The van der Waals surface area contributed by atoms with Crippen molar-refractivity contribution in [3.63, 3.8) is 0 Å². The maximum Gasteiger partial charge on any atom is 0.242 e. The molecule has 1 aliphatic rings. The second kappa shape index (κ2) is 5.38. The molecule has 0 spiro atoms. The molecule has 2 N–H and O–H groups in total. The van der Waals surface area contributed by atoms with Crippen LogP contribution in [-0.4, -0.2) is 33.4 Å². The molecular formula is C13H20N2O3S. The van der Waals surface area contributed by atoms with Gasteiger partial charge in [-0.2, -0.15) is 0 Å². The minimum absolute atomic E-state index is 0.202. The summed E-state index contributed by atoms with van der Waals surface area (Å²) in [6, 6.07) is 4.57. The van der Waals surface area contributed by atoms with Crippen molar-refractivity contribution >= 4 is 15.7 Å². The third kappa shape index (κ3) is 3.39. The predicted molar refractivity (Wildman–Crippen MR) is 74.6 cm³/mol. The lowest BCUT2D eigenvalue weighted by Gasteiger charge is -2.14. The highest BCUT2D eigenvalue weighted by molar-refractivity contribution is 7.89. The minimum Gasteiger partial charge on any atom is -0.491 e. The number of nitrogens with zero attached hydrogens (tertiary/aromatic N) is 1. The molecule has 0 atom stereocenters. The van der Waals surface area contributed by atoms with E-state index >= 15 is 0 Å². The Bertz CT molecular complexity index is 551. The Morgan fingerprint density at radius 1 is 1.37 bits per heavy atom. The Kier molecular flexibility index (Phi) is 4.01. The lowest BCUT2D eigenvalue weighted by Crippen LogP contribution is -2.22. The van der Waals surface area contributed by atoms with Crippen molar-refractivity contribution < 1.29 is 13.2 Å². The van der Waals surface area contributed by atoms with Gasteiger partial charge in [0, 0.05) is 20.2 Å². The van der Waals surface area contributed by atoms with E-state index in [4.69, 9.17) is 10.5 Å². The van der Waals surface area contributed by atoms with Gasteiger partial charge in [0.1, 0.15) is 5.75 Å². The molecule has 1 aliphatic carbocycles. The van der Waals surface area contributed by atoms with Crippen molar-refractivity contribution in [2.75, 3.05) is 26.4 Å². The quantitative estimate of drug-likeness (QED) is 0.807. The molecule has 1 fully saturated rings. The van der Waals surface area contributed by atoms with Gasteiger partial charge >= 0.3 is 0 Å². The molecule has 5 nitrogen and oxygen atoms in total. The van der Waals surface area contributed by atoms with E-state index in [0.29, 0.717) is 18.0 Å². The normalized spacial score (nSPS) is 15.7. The molecule has 106 valence electrons. The summed E-state index contributed by atoms with van der Waals surface area (Å²) >= 11 is 0. The molecule has 19 heavy (non-hydrogen) atoms. The number of hydrogen-bond acceptors (Lipinski definition) is 4. The van der Waals surface area contributed by atoms with Crippen molar-refractivity contribution in [3.8, 4) is 5.75 Å². The number of nitrogens with two attached hydrogens (primary N) is 1. The average Bonchev–Trinajstić information content (AvgIpc) is 3.15. The standard InChI is InChI=1S/C13H20N2O3S/c1-15(2)19(16,17)11-5-6-12(14)13(9-11)18-8-7-10-3-4-10/h5-6,9-10H,3-4,7-8,14H2,1-2H3. The third-order valence-electron chi connectivity index (χ3n) is 3.24. The first-order chi connectivity index (χ1) is 8.91. The second-order valence-corrected chi connectivity index (χ2v) is 7.22. The monoisotopic (exact) mass is 284 g/mol. The van der Waals surface area contributed by atoms with E-state index in [1.54, 1.807) is 6.07 Å². The SMILES string of the molecule is CN(C)S(=O)(=O)c1ccc(N)c(OCCC2CC2)c1. The minimum atomic E-state index is -3.45. The van der Waals surface area contributed by atoms with Crippen LogP contribution < -0.4 is 10.5 Å². The van der Waals surface area contributed by atoms with Gasteiger partial charge in [-0.3, -0.25) is 0 Å². The molecule has 2 rings (SSSR count). The van der Waals surface area contributed by atoms with Crippen LogP contribution in [0.3, 0.4) is 0 Å². The Morgan fingerprint density at radius 3 is 2.63 bits per heavy atom. The molecule has 1 saturated carbocycles. The zero-order chi connectivity index (χ0) is 14.0. The molecule has 0 radical (unpaired) electrons. The maximum absolute atomic E-state index is 12.0. The Balaban J connectivity index is 2.13. The van der Waals surface area contributed by atoms with Crippen LogP contribution in [0, 0.1) is 5.92 Å². The number of benzene rings is 1. The van der Waals surface area contributed by atoms with Crippen LogP contribution in [-0.2, 0) is 10.0 Å². The number of nitrogen functional groups attached to an aromatic ring is 1. The first-order valence-electron chi connectivity index (χ1n) is 6.36. The third-order valence-corrected chi connectivity index (χ3v) is 5.06. The zero-order valence-corrected chi connectivity index (χ0v) is 12.1. The summed E-state index contributed by atoms with van der Waals surface area (Å²) < 4.78 is 30.8. The molecule has 0 bridgehead atoms. The zero-order valence-electron chi connectivity index (χ0n) is 11.3. The fourth-order valence-electron chi connectivity index (χ4n) is 1.75. The highest BCUT2D eigenvalue weighted by atomic mass is 32.2. The summed E-state index contributed by atoms with van der Waals surface area (Å²) in [6.07, 6.45) is 3.55. The van der Waals surface area contributed by atoms with Crippen molar-refractivity contribution in [2.45, 2.75) is 24.2 Å². The number of sulfonamides is 1. The Labute approximate surface area is 114 Å². The van der Waals surface area contributed by atoms with E-state index in [1.807, 2.05) is 0 Å². The smallest absolute Gasteiger partial charge is 0.242 e. The fourth-order valence-corrected chi connectivity index (χ4v) is 2.67. The van der Waals surface area contributed by atoms with Gasteiger partial charge in [-0.05, 0) is 24.5 Å². The van der Waals surface area contributed by atoms with Crippen LogP contribution in [0.15, 0.2) is 23.1 Å². The summed E-state index contributed by atoms with van der Waals surface area (Å²) in [4.78, 5) is 0.202. The summed E-state index contributed by atoms with van der Waals surface area (Å²) in [6.45, 7) is 0.584. The van der Waals surface area contributed by atoms with E-state index < -0.39 is 10.0 Å². The van der Waals surface area contributed by atoms with E-state index in [2.05, 4.69) is 0 Å². The van der Waals surface area contributed by atoms with Crippen molar-refractivity contribution in [1.82, 2.24) is 4.31 Å². The number of anilines is 1. The maximum atomic E-state index is 12.0. The fraction of sp³-hybridized carbons (Fsp3) is 0.538. The lowest BCUT2D eigenvalue weighted by atomic mass is 10.3. The van der Waals surface area contributed by atoms with Gasteiger partial charge in [-0.15, -0.1) is 0 Å². The molecule has 1 aromatic carbocycles. The van der Waals surface area contributed by atoms with E-state index in [-0.39, 0.29) is 4.90 Å². The molecule has 1 aromatic rings. The summed E-state index contributed by atoms with van der Waals surface area (Å²) in [5.74, 6) is 1.22. The molecule has 6 heteroatoms. The molecule has 0 unspecified atom stereocenters. The first-order valence-corrected chi connectivity index (χ1v) is 7.80. The highest BCUT2D eigenvalue weighted by Gasteiger charge is 2.22. The van der Waals surface area contributed by atoms with Gasteiger partial charge in [-0.25, -0.2) is 12.7 Å². The van der Waals surface area contributed by atoms with Crippen LogP contribution in [0.4, 0.5) is 5.69 Å². The van der Waals surface area contributed by atoms with Crippen LogP contribution in [0.25, 0.3) is 0 Å². The van der Waals surface area contributed by atoms with Gasteiger partial charge in [0.15, 0.2) is 0 Å². The van der Waals surface area contributed by atoms with Crippen LogP contribution in [0.2, 0.25) is 0 Å². The van der Waals surface area contributed by atoms with Crippen molar-refractivity contribution in [3.05, 3.63) is 18.2 Å². The van der Waals surface area contributed by atoms with Gasteiger partial charge in [0.25, 0.3) is 0 Å². The van der Waals surface area contributed by atoms with Crippen molar-refractivity contribution in [1.29, 1.82) is 0 Å². The van der Waals surface area contributed by atoms with E-state index in [0.717, 1.165) is 12.3 Å². The van der Waals surface area contributed by atoms with Crippen molar-refractivity contribution in [2.24, 2.45) is 5.92 Å². The lowest BCUT2D eigenvalue weighted by molar-refractivity contribution is 0.303. The number of rotatable bonds is 6.